The monoisotopic (exact) mass is 412 g/mol. The van der Waals surface area contributed by atoms with Crippen molar-refractivity contribution in [2.45, 2.75) is 13.8 Å². The third-order valence-electron chi connectivity index (χ3n) is 3.60. The molecule has 0 saturated carbocycles. The Hall–Kier alpha value is -3.03. The molecule has 2 aromatic heterocycles. The Labute approximate surface area is 172 Å². The van der Waals surface area contributed by atoms with E-state index in [0.29, 0.717) is 22.5 Å². The predicted octanol–water partition coefficient (Wildman–Crippen LogP) is 4.53. The van der Waals surface area contributed by atoms with Gasteiger partial charge in [-0.3, -0.25) is 10.1 Å². The Balaban J connectivity index is 1.57. The first-order valence-electron chi connectivity index (χ1n) is 8.37. The molecule has 6 nitrogen and oxygen atoms in total. The Morgan fingerprint density at radius 2 is 1.79 bits per heavy atom. The minimum Gasteiger partial charge on any atom is -0.457 e. The molecule has 0 bridgehead atoms. The van der Waals surface area contributed by atoms with Crippen LogP contribution < -0.4 is 10.6 Å². The molecule has 0 radical (unpaired) electrons. The number of rotatable bonds is 4. The van der Waals surface area contributed by atoms with Gasteiger partial charge in [-0.1, -0.05) is 11.6 Å². The van der Waals surface area contributed by atoms with Crippen LogP contribution in [0.15, 0.2) is 53.0 Å². The highest BCUT2D eigenvalue weighted by molar-refractivity contribution is 7.80. The lowest BCUT2D eigenvalue weighted by atomic mass is 10.2. The first kappa shape index (κ1) is 19.7. The number of thiocarbonyl (C=S) groups is 1. The van der Waals surface area contributed by atoms with Crippen LogP contribution >= 0.6 is 23.8 Å². The van der Waals surface area contributed by atoms with Crippen LogP contribution in [-0.4, -0.2) is 21.0 Å². The highest BCUT2D eigenvalue weighted by Gasteiger charge is 2.06. The van der Waals surface area contributed by atoms with E-state index in [1.165, 1.54) is 6.08 Å². The van der Waals surface area contributed by atoms with E-state index in [4.69, 9.17) is 28.2 Å². The summed E-state index contributed by atoms with van der Waals surface area (Å²) in [7, 11) is 0. The second-order valence-electron chi connectivity index (χ2n) is 5.96. The molecule has 0 atom stereocenters. The third-order valence-corrected chi connectivity index (χ3v) is 4.05. The number of amides is 1. The van der Waals surface area contributed by atoms with Gasteiger partial charge in [-0.2, -0.15) is 0 Å². The molecule has 0 fully saturated rings. The number of furan rings is 1. The van der Waals surface area contributed by atoms with Gasteiger partial charge in [-0.15, -0.1) is 0 Å². The van der Waals surface area contributed by atoms with Gasteiger partial charge in [-0.05, 0) is 74.6 Å². The maximum atomic E-state index is 12.0. The number of hydrogen-bond acceptors (Lipinski definition) is 5. The number of halogens is 1. The number of aryl methyl sites for hydroxylation is 2. The summed E-state index contributed by atoms with van der Waals surface area (Å²) >= 11 is 11.0. The summed E-state index contributed by atoms with van der Waals surface area (Å²) in [5.41, 5.74) is 2.50. The lowest BCUT2D eigenvalue weighted by Crippen LogP contribution is -2.33. The zero-order chi connectivity index (χ0) is 20.1. The summed E-state index contributed by atoms with van der Waals surface area (Å²) in [5.74, 6) is 1.16. The Morgan fingerprint density at radius 3 is 2.46 bits per heavy atom. The first-order chi connectivity index (χ1) is 13.4. The van der Waals surface area contributed by atoms with Crippen LogP contribution in [0.2, 0.25) is 5.02 Å². The van der Waals surface area contributed by atoms with E-state index in [-0.39, 0.29) is 5.11 Å². The molecule has 28 heavy (non-hydrogen) atoms. The van der Waals surface area contributed by atoms with Gasteiger partial charge in [0.2, 0.25) is 11.9 Å². The van der Waals surface area contributed by atoms with Crippen molar-refractivity contribution in [3.63, 3.8) is 0 Å². The van der Waals surface area contributed by atoms with Gasteiger partial charge in [0.25, 0.3) is 0 Å². The summed E-state index contributed by atoms with van der Waals surface area (Å²) in [5, 5.41) is 6.10. The van der Waals surface area contributed by atoms with Crippen LogP contribution in [0.1, 0.15) is 17.1 Å². The van der Waals surface area contributed by atoms with Crippen molar-refractivity contribution in [3.05, 3.63) is 70.7 Å². The molecule has 0 spiro atoms. The van der Waals surface area contributed by atoms with Crippen molar-refractivity contribution in [3.8, 4) is 11.3 Å². The summed E-state index contributed by atoms with van der Waals surface area (Å²) in [6.07, 6.45) is 2.89. The van der Waals surface area contributed by atoms with Gasteiger partial charge < -0.3 is 9.73 Å². The minimum absolute atomic E-state index is 0.112. The van der Waals surface area contributed by atoms with Crippen LogP contribution in [0.5, 0.6) is 0 Å². The van der Waals surface area contributed by atoms with E-state index in [2.05, 4.69) is 20.6 Å². The Bertz CT molecular complexity index is 1020. The lowest BCUT2D eigenvalue weighted by molar-refractivity contribution is -0.115. The second kappa shape index (κ2) is 8.77. The summed E-state index contributed by atoms with van der Waals surface area (Å²) in [6, 6.07) is 12.7. The van der Waals surface area contributed by atoms with Crippen LogP contribution in [0.25, 0.3) is 17.4 Å². The lowest BCUT2D eigenvalue weighted by Gasteiger charge is -2.07. The zero-order valence-corrected chi connectivity index (χ0v) is 16.8. The van der Waals surface area contributed by atoms with E-state index in [1.807, 2.05) is 38.1 Å². The van der Waals surface area contributed by atoms with Crippen molar-refractivity contribution in [1.82, 2.24) is 15.3 Å². The number of nitrogens with zero attached hydrogens (tertiary/aromatic N) is 2. The van der Waals surface area contributed by atoms with Crippen molar-refractivity contribution in [1.29, 1.82) is 0 Å². The average Bonchev–Trinajstić information content (AvgIpc) is 3.08. The normalized spacial score (nSPS) is 10.8. The Kier molecular flexibility index (Phi) is 6.18. The topological polar surface area (TPSA) is 80.0 Å². The van der Waals surface area contributed by atoms with Crippen LogP contribution in [0.4, 0.5) is 5.95 Å². The number of hydrogen-bond donors (Lipinski definition) is 2. The van der Waals surface area contributed by atoms with Gasteiger partial charge in [0, 0.05) is 28.0 Å². The first-order valence-corrected chi connectivity index (χ1v) is 9.16. The largest absolute Gasteiger partial charge is 0.457 e. The fraction of sp³-hybridized carbons (Fsp3) is 0.100. The van der Waals surface area contributed by atoms with E-state index in [0.717, 1.165) is 17.0 Å². The number of benzene rings is 1. The summed E-state index contributed by atoms with van der Waals surface area (Å²) in [6.45, 7) is 3.71. The number of carbonyl (C=O) groups excluding carboxylic acids is 1. The molecule has 1 amide bonds. The van der Waals surface area contributed by atoms with Gasteiger partial charge in [0.05, 0.1) is 0 Å². The Morgan fingerprint density at radius 1 is 1.11 bits per heavy atom. The number of nitrogens with one attached hydrogen (secondary N) is 2. The van der Waals surface area contributed by atoms with Crippen LogP contribution in [0, 0.1) is 13.8 Å². The summed E-state index contributed by atoms with van der Waals surface area (Å²) in [4.78, 5) is 20.5. The van der Waals surface area contributed by atoms with E-state index >= 15 is 0 Å². The molecule has 0 unspecified atom stereocenters. The molecule has 0 aliphatic rings. The fourth-order valence-electron chi connectivity index (χ4n) is 2.44. The van der Waals surface area contributed by atoms with Crippen LogP contribution in [-0.2, 0) is 4.79 Å². The number of carbonyl (C=O) groups is 1. The smallest absolute Gasteiger partial charge is 0.250 e. The van der Waals surface area contributed by atoms with Gasteiger partial charge >= 0.3 is 0 Å². The molecule has 0 saturated heterocycles. The standard InChI is InChI=1S/C20H17ClN4O2S/c1-12-11-13(2)23-19(22-12)25-20(28)24-18(26)10-8-16-7-9-17(27-16)14-3-5-15(21)6-4-14/h3-11H,1-2H3,(H2,22,23,24,25,26,28)/b10-8+. The summed E-state index contributed by atoms with van der Waals surface area (Å²) < 4.78 is 5.71. The number of aromatic nitrogens is 2. The molecule has 0 aliphatic heterocycles. The third kappa shape index (κ3) is 5.48. The molecular weight excluding hydrogens is 396 g/mol. The molecule has 8 heteroatoms. The molecule has 2 N–H and O–H groups in total. The second-order valence-corrected chi connectivity index (χ2v) is 6.80. The van der Waals surface area contributed by atoms with Crippen molar-refractivity contribution < 1.29 is 9.21 Å². The molecule has 3 aromatic rings. The zero-order valence-electron chi connectivity index (χ0n) is 15.2. The van der Waals surface area contributed by atoms with E-state index in [1.54, 1.807) is 24.3 Å². The maximum absolute atomic E-state index is 12.0. The molecule has 1 aromatic carbocycles. The fourth-order valence-corrected chi connectivity index (χ4v) is 2.76. The average molecular weight is 413 g/mol. The van der Waals surface area contributed by atoms with Gasteiger partial charge in [0.15, 0.2) is 5.11 Å². The maximum Gasteiger partial charge on any atom is 0.250 e. The van der Waals surface area contributed by atoms with Crippen molar-refractivity contribution in [2.24, 2.45) is 0 Å². The highest BCUT2D eigenvalue weighted by atomic mass is 35.5. The molecule has 0 aliphatic carbocycles. The highest BCUT2D eigenvalue weighted by Crippen LogP contribution is 2.24. The molecule has 142 valence electrons. The van der Waals surface area contributed by atoms with Gasteiger partial charge in [-0.25, -0.2) is 9.97 Å². The SMILES string of the molecule is Cc1cc(C)nc(NC(=S)NC(=O)/C=C/c2ccc(-c3ccc(Cl)cc3)o2)n1. The van der Waals surface area contributed by atoms with Crippen molar-refractivity contribution >= 4 is 46.9 Å². The minimum atomic E-state index is -0.397. The van der Waals surface area contributed by atoms with Crippen molar-refractivity contribution in [2.75, 3.05) is 5.32 Å². The van der Waals surface area contributed by atoms with E-state index in [9.17, 15) is 4.79 Å². The number of anilines is 1. The van der Waals surface area contributed by atoms with Gasteiger partial charge in [0.1, 0.15) is 11.5 Å². The predicted molar refractivity (Wildman–Crippen MR) is 114 cm³/mol. The molecule has 2 heterocycles. The van der Waals surface area contributed by atoms with E-state index < -0.39 is 5.91 Å². The molecular formula is C20H17ClN4O2S. The quantitative estimate of drug-likeness (QED) is 0.484. The van der Waals surface area contributed by atoms with Crippen LogP contribution in [0.3, 0.4) is 0 Å². The molecule has 3 rings (SSSR count).